The first-order valence-electron chi connectivity index (χ1n) is 4.29. The van der Waals surface area contributed by atoms with Gasteiger partial charge in [-0.2, -0.15) is 0 Å². The van der Waals surface area contributed by atoms with Gasteiger partial charge in [0, 0.05) is 17.0 Å². The van der Waals surface area contributed by atoms with Gasteiger partial charge in [-0.25, -0.2) is 4.39 Å². The van der Waals surface area contributed by atoms with Crippen LogP contribution >= 0.6 is 0 Å². The molecule has 0 saturated carbocycles. The number of nitro groups is 1. The summed E-state index contributed by atoms with van der Waals surface area (Å²) >= 11 is 0. The molecule has 1 rings (SSSR count). The molecule has 0 bridgehead atoms. The lowest BCUT2D eigenvalue weighted by molar-refractivity contribution is -0.384. The van der Waals surface area contributed by atoms with E-state index in [0.717, 1.165) is 12.1 Å². The first kappa shape index (κ1) is 12.3. The first-order chi connectivity index (χ1) is 8.06. The number of nitro benzene ring substituents is 1. The molecular formula is C9H6FN5O2. The predicted octanol–water partition coefficient (Wildman–Crippen LogP) is 1.98. The number of benzene rings is 1. The Bertz CT molecular complexity index is 569. The van der Waals surface area contributed by atoms with Crippen molar-refractivity contribution in [1.82, 2.24) is 0 Å². The molecule has 0 heterocycles. The third kappa shape index (κ3) is 3.09. The van der Waals surface area contributed by atoms with Gasteiger partial charge in [-0.1, -0.05) is 17.0 Å². The summed E-state index contributed by atoms with van der Waals surface area (Å²) in [4.78, 5) is 12.3. The van der Waals surface area contributed by atoms with E-state index in [9.17, 15) is 14.5 Å². The molecule has 1 aromatic carbocycles. The highest BCUT2D eigenvalue weighted by molar-refractivity contribution is 5.62. The first-order valence-corrected chi connectivity index (χ1v) is 4.29. The zero-order valence-electron chi connectivity index (χ0n) is 8.42. The molecule has 0 aliphatic heterocycles. The van der Waals surface area contributed by atoms with Gasteiger partial charge < -0.3 is 5.73 Å². The SMILES string of the molecule is [N-]=[N+]=NCC#Cc1cc([N+](=O)[O-])c(N)cc1F. The molecule has 0 radical (unpaired) electrons. The van der Waals surface area contributed by atoms with Gasteiger partial charge in [-0.3, -0.25) is 10.1 Å². The topological polar surface area (TPSA) is 118 Å². The highest BCUT2D eigenvalue weighted by atomic mass is 19.1. The molecule has 0 atom stereocenters. The van der Waals surface area contributed by atoms with E-state index in [1.807, 2.05) is 0 Å². The fourth-order valence-electron chi connectivity index (χ4n) is 1.03. The van der Waals surface area contributed by atoms with E-state index in [2.05, 4.69) is 21.9 Å². The zero-order chi connectivity index (χ0) is 12.8. The van der Waals surface area contributed by atoms with Crippen LogP contribution in [0, 0.1) is 27.8 Å². The molecule has 0 saturated heterocycles. The second kappa shape index (κ2) is 5.34. The molecule has 0 unspecified atom stereocenters. The van der Waals surface area contributed by atoms with Crippen LogP contribution in [-0.4, -0.2) is 11.5 Å². The van der Waals surface area contributed by atoms with Gasteiger partial charge >= 0.3 is 0 Å². The summed E-state index contributed by atoms with van der Waals surface area (Å²) in [6.45, 7) is -0.145. The number of azide groups is 1. The Balaban J connectivity index is 3.14. The number of nitrogens with zero attached hydrogens (tertiary/aromatic N) is 4. The molecule has 17 heavy (non-hydrogen) atoms. The average molecular weight is 235 g/mol. The molecule has 0 amide bonds. The van der Waals surface area contributed by atoms with Gasteiger partial charge in [-0.15, -0.1) is 0 Å². The van der Waals surface area contributed by atoms with E-state index in [0.29, 0.717) is 0 Å². The number of hydrogen-bond acceptors (Lipinski definition) is 4. The molecule has 7 nitrogen and oxygen atoms in total. The van der Waals surface area contributed by atoms with Gasteiger partial charge in [0.2, 0.25) is 0 Å². The minimum atomic E-state index is -0.762. The Kier molecular flexibility index (Phi) is 3.86. The highest BCUT2D eigenvalue weighted by Crippen LogP contribution is 2.24. The van der Waals surface area contributed by atoms with Crippen LogP contribution in [-0.2, 0) is 0 Å². The van der Waals surface area contributed by atoms with Crippen molar-refractivity contribution in [3.05, 3.63) is 44.1 Å². The van der Waals surface area contributed by atoms with Crippen molar-refractivity contribution in [3.8, 4) is 11.8 Å². The van der Waals surface area contributed by atoms with Gasteiger partial charge in [0.15, 0.2) is 0 Å². The lowest BCUT2D eigenvalue weighted by Crippen LogP contribution is -1.98. The summed E-state index contributed by atoms with van der Waals surface area (Å²) < 4.78 is 13.3. The molecule has 0 aliphatic carbocycles. The van der Waals surface area contributed by atoms with Gasteiger partial charge in [-0.05, 0) is 5.53 Å². The molecule has 8 heteroatoms. The average Bonchev–Trinajstić information content (AvgIpc) is 2.26. The largest absolute Gasteiger partial charge is 0.393 e. The van der Waals surface area contributed by atoms with E-state index in [1.54, 1.807) is 0 Å². The van der Waals surface area contributed by atoms with Crippen LogP contribution in [0.3, 0.4) is 0 Å². The second-order valence-corrected chi connectivity index (χ2v) is 2.84. The Morgan fingerprint density at radius 3 is 2.94 bits per heavy atom. The molecule has 0 spiro atoms. The van der Waals surface area contributed by atoms with Crippen LogP contribution in [0.25, 0.3) is 10.4 Å². The Labute approximate surface area is 94.8 Å². The molecule has 86 valence electrons. The second-order valence-electron chi connectivity index (χ2n) is 2.84. The standard InChI is InChI=1S/C9H6FN5O2/c10-7-5-8(11)9(15(16)17)4-6(7)2-1-3-13-14-12/h4-5H,3,11H2. The Morgan fingerprint density at radius 1 is 1.65 bits per heavy atom. The number of nitrogens with two attached hydrogens (primary N) is 1. The predicted molar refractivity (Wildman–Crippen MR) is 58.4 cm³/mol. The quantitative estimate of drug-likeness (QED) is 0.160. The maximum Gasteiger partial charge on any atom is 0.293 e. The van der Waals surface area contributed by atoms with Gasteiger partial charge in [0.25, 0.3) is 5.69 Å². The van der Waals surface area contributed by atoms with Gasteiger partial charge in [0.1, 0.15) is 11.5 Å². The van der Waals surface area contributed by atoms with Crippen LogP contribution in [0.5, 0.6) is 0 Å². The number of rotatable bonds is 2. The summed E-state index contributed by atoms with van der Waals surface area (Å²) in [5, 5.41) is 13.7. The number of halogens is 1. The highest BCUT2D eigenvalue weighted by Gasteiger charge is 2.14. The van der Waals surface area contributed by atoms with Crippen molar-refractivity contribution < 1.29 is 9.31 Å². The van der Waals surface area contributed by atoms with Crippen molar-refractivity contribution in [2.75, 3.05) is 12.3 Å². The van der Waals surface area contributed by atoms with Crippen LogP contribution < -0.4 is 5.73 Å². The number of nitrogen functional groups attached to an aromatic ring is 1. The van der Waals surface area contributed by atoms with E-state index >= 15 is 0 Å². The normalized spacial score (nSPS) is 8.76. The maximum absolute atomic E-state index is 13.3. The molecule has 1 aromatic rings. The minimum absolute atomic E-state index is 0.145. The zero-order valence-corrected chi connectivity index (χ0v) is 8.42. The fraction of sp³-hybridized carbons (Fsp3) is 0.111. The van der Waals surface area contributed by atoms with Crippen LogP contribution in [0.4, 0.5) is 15.8 Å². The fourth-order valence-corrected chi connectivity index (χ4v) is 1.03. The minimum Gasteiger partial charge on any atom is -0.393 e. The van der Waals surface area contributed by atoms with E-state index < -0.39 is 16.4 Å². The summed E-state index contributed by atoms with van der Waals surface area (Å²) in [5.74, 6) is 3.91. The summed E-state index contributed by atoms with van der Waals surface area (Å²) in [7, 11) is 0. The third-order valence-corrected chi connectivity index (χ3v) is 1.75. The monoisotopic (exact) mass is 235 g/mol. The van der Waals surface area contributed by atoms with Crippen LogP contribution in [0.1, 0.15) is 5.56 Å². The van der Waals surface area contributed by atoms with E-state index in [-0.39, 0.29) is 17.8 Å². The smallest absolute Gasteiger partial charge is 0.293 e. The molecule has 2 N–H and O–H groups in total. The molecule has 0 aromatic heterocycles. The molecular weight excluding hydrogens is 229 g/mol. The summed E-state index contributed by atoms with van der Waals surface area (Å²) in [6.07, 6.45) is 0. The van der Waals surface area contributed by atoms with E-state index in [4.69, 9.17) is 11.3 Å². The van der Waals surface area contributed by atoms with Crippen molar-refractivity contribution in [2.45, 2.75) is 0 Å². The Morgan fingerprint density at radius 2 is 2.35 bits per heavy atom. The lowest BCUT2D eigenvalue weighted by atomic mass is 10.1. The summed E-state index contributed by atoms with van der Waals surface area (Å²) in [6, 6.07) is 1.77. The molecule has 0 fully saturated rings. The molecule has 0 aliphatic rings. The number of anilines is 1. The van der Waals surface area contributed by atoms with Crippen molar-refractivity contribution >= 4 is 11.4 Å². The van der Waals surface area contributed by atoms with Crippen LogP contribution in [0.2, 0.25) is 0 Å². The van der Waals surface area contributed by atoms with Crippen molar-refractivity contribution in [3.63, 3.8) is 0 Å². The third-order valence-electron chi connectivity index (χ3n) is 1.75. The Hall–Kier alpha value is -2.78. The number of hydrogen-bond donors (Lipinski definition) is 1. The van der Waals surface area contributed by atoms with Gasteiger partial charge in [0.05, 0.1) is 17.0 Å². The van der Waals surface area contributed by atoms with Crippen LogP contribution in [0.15, 0.2) is 17.2 Å². The van der Waals surface area contributed by atoms with E-state index in [1.165, 1.54) is 0 Å². The van der Waals surface area contributed by atoms with Crippen molar-refractivity contribution in [2.24, 2.45) is 5.11 Å². The summed E-state index contributed by atoms with van der Waals surface area (Å²) in [5.41, 5.74) is 12.4. The maximum atomic E-state index is 13.3. The van der Waals surface area contributed by atoms with Crippen molar-refractivity contribution in [1.29, 1.82) is 0 Å². The lowest BCUT2D eigenvalue weighted by Gasteiger charge is -1.99.